The van der Waals surface area contributed by atoms with Crippen molar-refractivity contribution in [3.63, 3.8) is 0 Å². The first-order valence-corrected chi connectivity index (χ1v) is 7.45. The Labute approximate surface area is 116 Å². The minimum absolute atomic E-state index is 0.171. The molecule has 2 atom stereocenters. The smallest absolute Gasteiger partial charge is 0.410 e. The van der Waals surface area contributed by atoms with Crippen molar-refractivity contribution in [2.75, 3.05) is 19.6 Å². The first-order chi connectivity index (χ1) is 8.77. The van der Waals surface area contributed by atoms with Gasteiger partial charge in [0.25, 0.3) is 0 Å². The van der Waals surface area contributed by atoms with Gasteiger partial charge in [0.05, 0.1) is 0 Å². The number of piperidine rings is 1. The van der Waals surface area contributed by atoms with Gasteiger partial charge in [-0.15, -0.1) is 0 Å². The van der Waals surface area contributed by atoms with E-state index in [4.69, 9.17) is 10.5 Å². The van der Waals surface area contributed by atoms with E-state index in [0.717, 1.165) is 26.1 Å². The summed E-state index contributed by atoms with van der Waals surface area (Å²) in [6.45, 7) is 10.4. The van der Waals surface area contributed by atoms with Gasteiger partial charge in [-0.05, 0) is 63.8 Å². The van der Waals surface area contributed by atoms with Gasteiger partial charge in [0, 0.05) is 13.1 Å². The van der Waals surface area contributed by atoms with Gasteiger partial charge in [0.15, 0.2) is 0 Å². The van der Waals surface area contributed by atoms with Crippen LogP contribution in [-0.4, -0.2) is 36.2 Å². The van der Waals surface area contributed by atoms with E-state index in [0.29, 0.717) is 17.3 Å². The molecule has 110 valence electrons. The van der Waals surface area contributed by atoms with E-state index in [1.165, 1.54) is 12.8 Å². The quantitative estimate of drug-likeness (QED) is 0.837. The standard InChI is InChI=1S/C15H28N2O2/c1-11-9-17(13(18)19-14(2,3)4)8-5-12(11)15(10-16)6-7-15/h11-12H,5-10,16H2,1-4H3. The van der Waals surface area contributed by atoms with Gasteiger partial charge in [0.1, 0.15) is 5.60 Å². The van der Waals surface area contributed by atoms with Crippen LogP contribution in [0.1, 0.15) is 47.0 Å². The molecule has 1 aliphatic carbocycles. The van der Waals surface area contributed by atoms with Gasteiger partial charge in [-0.1, -0.05) is 6.92 Å². The van der Waals surface area contributed by atoms with E-state index >= 15 is 0 Å². The molecule has 0 aromatic carbocycles. The molecular weight excluding hydrogens is 240 g/mol. The molecule has 4 nitrogen and oxygen atoms in total. The zero-order chi connectivity index (χ0) is 14.3. The summed E-state index contributed by atoms with van der Waals surface area (Å²) in [7, 11) is 0. The fraction of sp³-hybridized carbons (Fsp3) is 0.933. The monoisotopic (exact) mass is 268 g/mol. The Bertz CT molecular complexity index is 345. The molecule has 19 heavy (non-hydrogen) atoms. The van der Waals surface area contributed by atoms with Crippen molar-refractivity contribution in [1.82, 2.24) is 4.90 Å². The van der Waals surface area contributed by atoms with E-state index < -0.39 is 5.60 Å². The first-order valence-electron chi connectivity index (χ1n) is 7.45. The normalized spacial score (nSPS) is 30.1. The van der Waals surface area contributed by atoms with Gasteiger partial charge < -0.3 is 15.4 Å². The minimum Gasteiger partial charge on any atom is -0.444 e. The molecule has 2 N–H and O–H groups in total. The Morgan fingerprint density at radius 1 is 1.42 bits per heavy atom. The van der Waals surface area contributed by atoms with Crippen LogP contribution in [0.5, 0.6) is 0 Å². The molecule has 0 aromatic heterocycles. The number of hydrogen-bond acceptors (Lipinski definition) is 3. The molecule has 1 saturated heterocycles. The predicted octanol–water partition coefficient (Wildman–Crippen LogP) is 2.62. The van der Waals surface area contributed by atoms with Crippen molar-refractivity contribution in [3.05, 3.63) is 0 Å². The van der Waals surface area contributed by atoms with Crippen molar-refractivity contribution < 1.29 is 9.53 Å². The molecule has 2 aliphatic rings. The number of ether oxygens (including phenoxy) is 1. The number of rotatable bonds is 2. The SMILES string of the molecule is CC1CN(C(=O)OC(C)(C)C)CCC1C1(CN)CC1. The van der Waals surface area contributed by atoms with Gasteiger partial charge >= 0.3 is 6.09 Å². The number of hydrogen-bond donors (Lipinski definition) is 1. The van der Waals surface area contributed by atoms with Crippen LogP contribution in [-0.2, 0) is 4.74 Å². The molecule has 0 bridgehead atoms. The van der Waals surface area contributed by atoms with Crippen molar-refractivity contribution in [1.29, 1.82) is 0 Å². The van der Waals surface area contributed by atoms with E-state index in [1.807, 2.05) is 25.7 Å². The second kappa shape index (κ2) is 4.97. The van der Waals surface area contributed by atoms with Crippen LogP contribution in [0.3, 0.4) is 0 Å². The molecule has 0 aromatic rings. The van der Waals surface area contributed by atoms with Crippen LogP contribution in [0.25, 0.3) is 0 Å². The minimum atomic E-state index is -0.411. The average molecular weight is 268 g/mol. The maximum absolute atomic E-state index is 12.1. The largest absolute Gasteiger partial charge is 0.444 e. The van der Waals surface area contributed by atoms with Crippen molar-refractivity contribution >= 4 is 6.09 Å². The molecule has 4 heteroatoms. The fourth-order valence-electron chi connectivity index (χ4n) is 3.43. The highest BCUT2D eigenvalue weighted by molar-refractivity contribution is 5.68. The Morgan fingerprint density at radius 3 is 2.47 bits per heavy atom. The maximum Gasteiger partial charge on any atom is 0.410 e. The van der Waals surface area contributed by atoms with Crippen molar-refractivity contribution in [3.8, 4) is 0 Å². The topological polar surface area (TPSA) is 55.6 Å². The molecule has 1 aliphatic heterocycles. The molecular formula is C15H28N2O2. The lowest BCUT2D eigenvalue weighted by Crippen LogP contribution is -2.47. The number of amides is 1. The van der Waals surface area contributed by atoms with E-state index in [1.54, 1.807) is 0 Å². The Balaban J connectivity index is 1.91. The third-order valence-electron chi connectivity index (χ3n) is 4.64. The summed E-state index contributed by atoms with van der Waals surface area (Å²) >= 11 is 0. The molecule has 1 saturated carbocycles. The van der Waals surface area contributed by atoms with Crippen LogP contribution in [0.15, 0.2) is 0 Å². The van der Waals surface area contributed by atoms with Crippen LogP contribution in [0, 0.1) is 17.3 Å². The average Bonchev–Trinajstić information content (AvgIpc) is 3.07. The first kappa shape index (κ1) is 14.6. The van der Waals surface area contributed by atoms with Crippen LogP contribution in [0.4, 0.5) is 4.79 Å². The number of nitrogens with zero attached hydrogens (tertiary/aromatic N) is 1. The predicted molar refractivity (Wildman–Crippen MR) is 75.8 cm³/mol. The van der Waals surface area contributed by atoms with Gasteiger partial charge in [-0.25, -0.2) is 4.79 Å². The Kier molecular flexibility index (Phi) is 3.83. The number of nitrogens with two attached hydrogens (primary N) is 1. The van der Waals surface area contributed by atoms with E-state index in [-0.39, 0.29) is 6.09 Å². The lowest BCUT2D eigenvalue weighted by Gasteiger charge is -2.41. The number of likely N-dealkylation sites (tertiary alicyclic amines) is 1. The summed E-state index contributed by atoms with van der Waals surface area (Å²) in [5.41, 5.74) is 5.91. The molecule has 0 spiro atoms. The maximum atomic E-state index is 12.1. The highest BCUT2D eigenvalue weighted by atomic mass is 16.6. The van der Waals surface area contributed by atoms with Crippen molar-refractivity contribution in [2.24, 2.45) is 23.0 Å². The van der Waals surface area contributed by atoms with Crippen molar-refractivity contribution in [2.45, 2.75) is 52.6 Å². The van der Waals surface area contributed by atoms with E-state index in [2.05, 4.69) is 6.92 Å². The zero-order valence-electron chi connectivity index (χ0n) is 12.7. The molecule has 1 amide bonds. The molecule has 0 radical (unpaired) electrons. The van der Waals surface area contributed by atoms with Crippen LogP contribution < -0.4 is 5.73 Å². The molecule has 2 rings (SSSR count). The van der Waals surface area contributed by atoms with Crippen LogP contribution >= 0.6 is 0 Å². The summed E-state index contributed by atoms with van der Waals surface area (Å²) < 4.78 is 5.45. The second-order valence-corrected chi connectivity index (χ2v) is 7.37. The molecule has 1 heterocycles. The van der Waals surface area contributed by atoms with Gasteiger partial charge in [-0.3, -0.25) is 0 Å². The molecule has 2 unspecified atom stereocenters. The summed E-state index contributed by atoms with van der Waals surface area (Å²) in [5, 5.41) is 0. The summed E-state index contributed by atoms with van der Waals surface area (Å²) in [6, 6.07) is 0. The highest BCUT2D eigenvalue weighted by Crippen LogP contribution is 2.55. The zero-order valence-corrected chi connectivity index (χ0v) is 12.7. The summed E-state index contributed by atoms with van der Waals surface area (Å²) in [4.78, 5) is 13.9. The van der Waals surface area contributed by atoms with Gasteiger partial charge in [-0.2, -0.15) is 0 Å². The second-order valence-electron chi connectivity index (χ2n) is 7.37. The van der Waals surface area contributed by atoms with E-state index in [9.17, 15) is 4.79 Å². The highest BCUT2D eigenvalue weighted by Gasteiger charge is 2.51. The van der Waals surface area contributed by atoms with Gasteiger partial charge in [0.2, 0.25) is 0 Å². The lowest BCUT2D eigenvalue weighted by atomic mass is 9.75. The third kappa shape index (κ3) is 3.22. The van der Waals surface area contributed by atoms with Crippen LogP contribution in [0.2, 0.25) is 0 Å². The summed E-state index contributed by atoms with van der Waals surface area (Å²) in [5.74, 6) is 1.20. The Morgan fingerprint density at radius 2 is 2.05 bits per heavy atom. The number of carbonyl (C=O) groups excluding carboxylic acids is 1. The summed E-state index contributed by atoms with van der Waals surface area (Å²) in [6.07, 6.45) is 3.43. The third-order valence-corrected chi connectivity index (χ3v) is 4.64. The number of carbonyl (C=O) groups is 1. The Hall–Kier alpha value is -0.770. The molecule has 2 fully saturated rings. The lowest BCUT2D eigenvalue weighted by molar-refractivity contribution is 0.00550. The fourth-order valence-corrected chi connectivity index (χ4v) is 3.43.